The molecule has 0 bridgehead atoms. The van der Waals surface area contributed by atoms with E-state index in [1.807, 2.05) is 56.6 Å². The maximum absolute atomic E-state index is 12.7. The molecule has 0 saturated carbocycles. The summed E-state index contributed by atoms with van der Waals surface area (Å²) in [5.74, 6) is 0.382. The molecule has 0 saturated heterocycles. The van der Waals surface area contributed by atoms with Crippen LogP contribution in [-0.2, 0) is 6.54 Å². The molecule has 28 heavy (non-hydrogen) atoms. The van der Waals surface area contributed by atoms with Gasteiger partial charge in [0.05, 0.1) is 19.7 Å². The van der Waals surface area contributed by atoms with Gasteiger partial charge in [0.2, 0.25) is 5.78 Å². The maximum Gasteiger partial charge on any atom is 0.231 e. The lowest BCUT2D eigenvalue weighted by atomic mass is 10.0. The highest BCUT2D eigenvalue weighted by Gasteiger charge is 2.30. The first-order chi connectivity index (χ1) is 13.5. The number of quaternary nitrogens is 1. The smallest absolute Gasteiger partial charge is 0.231 e. The lowest BCUT2D eigenvalue weighted by molar-refractivity contribution is -0.872. The normalized spacial score (nSPS) is 14.4. The molecule has 1 aliphatic rings. The summed E-state index contributed by atoms with van der Waals surface area (Å²) < 4.78 is 5.85. The summed E-state index contributed by atoms with van der Waals surface area (Å²) in [6, 6.07) is 21.1. The molecule has 0 spiro atoms. The summed E-state index contributed by atoms with van der Waals surface area (Å²) in [4.78, 5) is 13.8. The van der Waals surface area contributed by atoms with E-state index in [0.717, 1.165) is 21.6 Å². The Balaban J connectivity index is 1.63. The van der Waals surface area contributed by atoms with Crippen LogP contribution in [0.3, 0.4) is 0 Å². The van der Waals surface area contributed by atoms with Crippen molar-refractivity contribution in [3.05, 3.63) is 89.2 Å². The van der Waals surface area contributed by atoms with Crippen LogP contribution >= 0.6 is 0 Å². The number of carbonyl (C=O) groups excluding carboxylic acids is 1. The van der Waals surface area contributed by atoms with E-state index < -0.39 is 0 Å². The zero-order valence-corrected chi connectivity index (χ0v) is 15.9. The topological polar surface area (TPSA) is 53.8 Å². The minimum Gasteiger partial charge on any atom is -0.872 e. The maximum atomic E-state index is 12.7. The molecule has 4 nitrogen and oxygen atoms in total. The molecule has 0 aromatic heterocycles. The third-order valence-electron chi connectivity index (χ3n) is 4.74. The summed E-state index contributed by atoms with van der Waals surface area (Å²) in [7, 11) is 3.92. The van der Waals surface area contributed by atoms with Crippen molar-refractivity contribution >= 4 is 11.9 Å². The van der Waals surface area contributed by atoms with E-state index in [4.69, 9.17) is 4.74 Å². The van der Waals surface area contributed by atoms with Gasteiger partial charge in [-0.2, -0.15) is 0 Å². The fourth-order valence-electron chi connectivity index (χ4n) is 3.36. The number of hydrogen-bond donors (Lipinski definition) is 1. The molecular weight excluding hydrogens is 350 g/mol. The standard InChI is InChI=1S/C24H21NO3/c1-25(2)15-20-21(26)13-12-19-23(27)22(28-24(19)20)14-16-8-10-18(11-9-16)17-6-4-3-5-7-17/h3-14,26H,15H2,1-2H3/b22-14-. The first-order valence-electron chi connectivity index (χ1n) is 9.24. The van der Waals surface area contributed by atoms with Crippen LogP contribution in [0.15, 0.2) is 72.5 Å². The highest BCUT2D eigenvalue weighted by Crippen LogP contribution is 2.38. The summed E-state index contributed by atoms with van der Waals surface area (Å²) in [5, 5.41) is 12.2. The van der Waals surface area contributed by atoms with Gasteiger partial charge in [-0.25, -0.2) is 0 Å². The van der Waals surface area contributed by atoms with Crippen molar-refractivity contribution < 1.29 is 19.5 Å². The van der Waals surface area contributed by atoms with Gasteiger partial charge in [0.25, 0.3) is 0 Å². The molecule has 3 aromatic carbocycles. The quantitative estimate of drug-likeness (QED) is 0.718. The minimum atomic E-state index is -0.183. The van der Waals surface area contributed by atoms with Crippen molar-refractivity contribution in [3.8, 4) is 22.6 Å². The van der Waals surface area contributed by atoms with Crippen molar-refractivity contribution in [2.24, 2.45) is 0 Å². The molecule has 3 aromatic rings. The second kappa shape index (κ2) is 7.33. The molecule has 0 unspecified atom stereocenters. The molecule has 0 atom stereocenters. The van der Waals surface area contributed by atoms with Crippen molar-refractivity contribution in [1.29, 1.82) is 0 Å². The van der Waals surface area contributed by atoms with E-state index in [0.29, 0.717) is 23.4 Å². The Morgan fingerprint density at radius 3 is 2.29 bits per heavy atom. The Bertz CT molecular complexity index is 1050. The molecule has 0 fully saturated rings. The van der Waals surface area contributed by atoms with E-state index in [9.17, 15) is 9.90 Å². The third-order valence-corrected chi connectivity index (χ3v) is 4.74. The SMILES string of the molecule is C[NH+](C)Cc1c([O-])ccc2c1O/C(=C\c1ccc(-c3ccccc3)cc1)C2=O. The Morgan fingerprint density at radius 1 is 0.929 bits per heavy atom. The number of benzene rings is 3. The summed E-state index contributed by atoms with van der Waals surface area (Å²) in [6.45, 7) is 0.508. The van der Waals surface area contributed by atoms with E-state index in [-0.39, 0.29) is 17.3 Å². The van der Waals surface area contributed by atoms with E-state index >= 15 is 0 Å². The second-order valence-electron chi connectivity index (χ2n) is 7.23. The molecule has 0 aliphatic carbocycles. The molecule has 4 heteroatoms. The number of fused-ring (bicyclic) bond motifs is 1. The van der Waals surface area contributed by atoms with Crippen molar-refractivity contribution in [1.82, 2.24) is 0 Å². The third kappa shape index (κ3) is 3.42. The number of Topliss-reactive ketones (excluding diaryl/α,β-unsaturated/α-hetero) is 1. The lowest BCUT2D eigenvalue weighted by Gasteiger charge is -2.17. The van der Waals surface area contributed by atoms with Gasteiger partial charge in [0.15, 0.2) is 5.76 Å². The van der Waals surface area contributed by atoms with Crippen LogP contribution in [0.4, 0.5) is 0 Å². The summed E-state index contributed by atoms with van der Waals surface area (Å²) in [5.41, 5.74) is 4.13. The van der Waals surface area contributed by atoms with Crippen LogP contribution in [0.25, 0.3) is 17.2 Å². The van der Waals surface area contributed by atoms with E-state index in [1.54, 1.807) is 12.1 Å². The van der Waals surface area contributed by atoms with Gasteiger partial charge in [0, 0.05) is 5.56 Å². The number of rotatable bonds is 4. The van der Waals surface area contributed by atoms with Crippen molar-refractivity contribution in [2.45, 2.75) is 6.54 Å². The van der Waals surface area contributed by atoms with Gasteiger partial charge >= 0.3 is 0 Å². The first-order valence-corrected chi connectivity index (χ1v) is 9.24. The summed E-state index contributed by atoms with van der Waals surface area (Å²) in [6.07, 6.45) is 1.73. The number of ether oxygens (including phenoxy) is 1. The van der Waals surface area contributed by atoms with Gasteiger partial charge in [-0.05, 0) is 28.8 Å². The fourth-order valence-corrected chi connectivity index (χ4v) is 3.36. The molecule has 0 radical (unpaired) electrons. The zero-order chi connectivity index (χ0) is 19.7. The van der Waals surface area contributed by atoms with Gasteiger partial charge in [-0.3, -0.25) is 4.79 Å². The zero-order valence-electron chi connectivity index (χ0n) is 15.9. The highest BCUT2D eigenvalue weighted by molar-refractivity contribution is 6.15. The van der Waals surface area contributed by atoms with Crippen LogP contribution in [0.2, 0.25) is 0 Å². The number of nitrogens with one attached hydrogen (secondary N) is 1. The fraction of sp³-hybridized carbons (Fsp3) is 0.125. The number of ketones is 1. The van der Waals surface area contributed by atoms with Crippen LogP contribution < -0.4 is 14.7 Å². The van der Waals surface area contributed by atoms with Gasteiger partial charge in [0.1, 0.15) is 12.3 Å². The Kier molecular flexibility index (Phi) is 4.72. The van der Waals surface area contributed by atoms with Gasteiger partial charge < -0.3 is 14.7 Å². The van der Waals surface area contributed by atoms with E-state index in [1.165, 1.54) is 6.07 Å². The average Bonchev–Trinajstić information content (AvgIpc) is 3.01. The molecule has 1 heterocycles. The van der Waals surface area contributed by atoms with Crippen molar-refractivity contribution in [2.75, 3.05) is 14.1 Å². The Hall–Kier alpha value is -3.37. The predicted molar refractivity (Wildman–Crippen MR) is 107 cm³/mol. The molecule has 0 amide bonds. The Labute approximate surface area is 164 Å². The molecule has 1 N–H and O–H groups in total. The largest absolute Gasteiger partial charge is 0.872 e. The second-order valence-corrected chi connectivity index (χ2v) is 7.23. The molecule has 140 valence electrons. The Morgan fingerprint density at radius 2 is 1.61 bits per heavy atom. The number of carbonyl (C=O) groups is 1. The van der Waals surface area contributed by atoms with Crippen LogP contribution in [0.1, 0.15) is 21.5 Å². The van der Waals surface area contributed by atoms with Crippen LogP contribution in [0, 0.1) is 0 Å². The number of allylic oxidation sites excluding steroid dienone is 1. The minimum absolute atomic E-state index is 0.0961. The predicted octanol–water partition coefficient (Wildman–Crippen LogP) is 2.69. The van der Waals surface area contributed by atoms with Gasteiger partial charge in [-0.15, -0.1) is 0 Å². The van der Waals surface area contributed by atoms with E-state index in [2.05, 4.69) is 12.1 Å². The monoisotopic (exact) mass is 371 g/mol. The highest BCUT2D eigenvalue weighted by atomic mass is 16.5. The average molecular weight is 371 g/mol. The van der Waals surface area contributed by atoms with Crippen LogP contribution in [0.5, 0.6) is 11.5 Å². The van der Waals surface area contributed by atoms with Crippen LogP contribution in [-0.4, -0.2) is 19.9 Å². The first kappa shape index (κ1) is 18.0. The number of hydrogen-bond acceptors (Lipinski definition) is 3. The molecular formula is C24H21NO3. The lowest BCUT2D eigenvalue weighted by Crippen LogP contribution is -3.04. The van der Waals surface area contributed by atoms with Crippen molar-refractivity contribution in [3.63, 3.8) is 0 Å². The molecule has 4 rings (SSSR count). The van der Waals surface area contributed by atoms with Gasteiger partial charge in [-0.1, -0.05) is 66.4 Å². The summed E-state index contributed by atoms with van der Waals surface area (Å²) >= 11 is 0. The molecule has 1 aliphatic heterocycles.